The first-order chi connectivity index (χ1) is 22.8. The number of aryl methyl sites for hydroxylation is 1. The van der Waals surface area contributed by atoms with Crippen molar-refractivity contribution < 1.29 is 38.3 Å². The van der Waals surface area contributed by atoms with E-state index in [9.17, 15) is 33.6 Å². The summed E-state index contributed by atoms with van der Waals surface area (Å²) in [5.74, 6) is -2.74. The van der Waals surface area contributed by atoms with Gasteiger partial charge >= 0.3 is 6.03 Å². The van der Waals surface area contributed by atoms with Gasteiger partial charge in [-0.3, -0.25) is 38.6 Å². The number of carbonyl (C=O) groups is 7. The molecule has 264 valence electrons. The molecule has 0 fully saturated rings. The fraction of sp³-hybridized carbons (Fsp3) is 0.531. The highest BCUT2D eigenvalue weighted by Crippen LogP contribution is 2.11. The van der Waals surface area contributed by atoms with Gasteiger partial charge in [-0.05, 0) is 44.9 Å². The fourth-order valence-electron chi connectivity index (χ4n) is 4.55. The third kappa shape index (κ3) is 14.7. The van der Waals surface area contributed by atoms with Crippen LogP contribution in [0.1, 0.15) is 38.7 Å². The first-order valence-corrected chi connectivity index (χ1v) is 15.8. The summed E-state index contributed by atoms with van der Waals surface area (Å²) in [5, 5.41) is 13.4. The third-order valence-corrected chi connectivity index (χ3v) is 7.25. The van der Waals surface area contributed by atoms with Crippen molar-refractivity contribution in [3.63, 3.8) is 0 Å². The van der Waals surface area contributed by atoms with Crippen LogP contribution < -0.4 is 32.3 Å². The quantitative estimate of drug-likeness (QED) is 0.0723. The number of nitrogens with zero attached hydrogens (tertiary/aromatic N) is 2. The van der Waals surface area contributed by atoms with Crippen molar-refractivity contribution in [1.82, 2.24) is 31.1 Å². The Kier molecular flexibility index (Phi) is 16.7. The molecular weight excluding hydrogens is 624 g/mol. The third-order valence-electron chi connectivity index (χ3n) is 7.25. The van der Waals surface area contributed by atoms with Gasteiger partial charge in [-0.2, -0.15) is 0 Å². The molecular formula is C32H48N8O8. The molecule has 1 heterocycles. The number of likely N-dealkylation sites (N-methyl/N-ethyl adjacent to an activating group) is 1. The van der Waals surface area contributed by atoms with Gasteiger partial charge in [0.05, 0.1) is 26.3 Å². The number of amides is 8. The minimum atomic E-state index is -0.950. The highest BCUT2D eigenvalue weighted by molar-refractivity contribution is 6.12. The zero-order chi connectivity index (χ0) is 35.6. The number of primary amides is 1. The van der Waals surface area contributed by atoms with Gasteiger partial charge in [0.15, 0.2) is 0 Å². The van der Waals surface area contributed by atoms with Gasteiger partial charge in [-0.15, -0.1) is 0 Å². The summed E-state index contributed by atoms with van der Waals surface area (Å²) in [6.07, 6.45) is 3.08. The Balaban J connectivity index is 1.79. The minimum Gasteiger partial charge on any atom is -0.378 e. The Morgan fingerprint density at radius 1 is 0.896 bits per heavy atom. The predicted molar refractivity (Wildman–Crippen MR) is 177 cm³/mol. The van der Waals surface area contributed by atoms with Crippen LogP contribution in [0.25, 0.3) is 0 Å². The number of imide groups is 1. The van der Waals surface area contributed by atoms with Crippen molar-refractivity contribution in [3.05, 3.63) is 42.0 Å². The lowest BCUT2D eigenvalue weighted by molar-refractivity contribution is -0.137. The standard InChI is InChI=1S/C32H48N8O8/c1-21(2)29(31(46)37-24(6-5-14-35-32(33)47)30(45)36-23-9-7-22(3)8-10-23)38-26(42)20-39(4)16-13-25(41)34-15-18-48-19-17-40-27(43)11-12-28(40)44/h7-12,21,24,29H,5-6,13-20H2,1-4H3,(H,34,41)(H,36,45)(H,37,46)(H,38,42)(H3,33,35,47)/t24-,29-/m0/s1. The highest BCUT2D eigenvalue weighted by atomic mass is 16.5. The first-order valence-electron chi connectivity index (χ1n) is 15.8. The monoisotopic (exact) mass is 672 g/mol. The second-order valence-corrected chi connectivity index (χ2v) is 11.8. The maximum atomic E-state index is 13.3. The Morgan fingerprint density at radius 2 is 1.56 bits per heavy atom. The van der Waals surface area contributed by atoms with E-state index in [1.807, 2.05) is 19.1 Å². The molecule has 0 radical (unpaired) electrons. The molecule has 2 rings (SSSR count). The van der Waals surface area contributed by atoms with Crippen LogP contribution in [0.5, 0.6) is 0 Å². The van der Waals surface area contributed by atoms with Crippen LogP contribution in [-0.4, -0.2) is 116 Å². The topological polar surface area (TPSA) is 221 Å². The Bertz CT molecular complexity index is 1300. The largest absolute Gasteiger partial charge is 0.378 e. The molecule has 2 atom stereocenters. The van der Waals surface area contributed by atoms with Crippen LogP contribution in [-0.2, 0) is 33.5 Å². The number of hydrogen-bond acceptors (Lipinski definition) is 9. The van der Waals surface area contributed by atoms with E-state index in [2.05, 4.69) is 26.6 Å². The first kappa shape index (κ1) is 39.3. The molecule has 1 aliphatic rings. The normalized spacial score (nSPS) is 13.8. The lowest BCUT2D eigenvalue weighted by Gasteiger charge is -2.26. The lowest BCUT2D eigenvalue weighted by Crippen LogP contribution is -2.55. The summed E-state index contributed by atoms with van der Waals surface area (Å²) in [6.45, 7) is 6.57. The molecule has 1 aromatic carbocycles. The van der Waals surface area contributed by atoms with Crippen molar-refractivity contribution >= 4 is 47.2 Å². The Labute approximate surface area is 280 Å². The predicted octanol–water partition coefficient (Wildman–Crippen LogP) is -0.613. The average molecular weight is 673 g/mol. The van der Waals surface area contributed by atoms with Crippen LogP contribution in [0, 0.1) is 12.8 Å². The highest BCUT2D eigenvalue weighted by Gasteiger charge is 2.29. The van der Waals surface area contributed by atoms with Crippen molar-refractivity contribution in [2.45, 2.75) is 52.1 Å². The van der Waals surface area contributed by atoms with Crippen molar-refractivity contribution in [2.24, 2.45) is 11.7 Å². The number of hydrogen-bond donors (Lipinski definition) is 6. The van der Waals surface area contributed by atoms with E-state index in [0.29, 0.717) is 12.1 Å². The summed E-state index contributed by atoms with van der Waals surface area (Å²) < 4.78 is 5.37. The van der Waals surface area contributed by atoms with Gasteiger partial charge in [-0.1, -0.05) is 31.5 Å². The molecule has 1 aromatic rings. The molecule has 1 aliphatic heterocycles. The Morgan fingerprint density at radius 3 is 2.19 bits per heavy atom. The number of nitrogens with one attached hydrogen (secondary N) is 5. The number of benzene rings is 1. The van der Waals surface area contributed by atoms with Crippen molar-refractivity contribution in [2.75, 3.05) is 58.3 Å². The second-order valence-electron chi connectivity index (χ2n) is 11.8. The van der Waals surface area contributed by atoms with Crippen LogP contribution in [0.2, 0.25) is 0 Å². The summed E-state index contributed by atoms with van der Waals surface area (Å²) in [5.41, 5.74) is 6.70. The molecule has 0 bridgehead atoms. The number of ether oxygens (including phenoxy) is 1. The number of anilines is 1. The van der Waals surface area contributed by atoms with Gasteiger partial charge in [-0.25, -0.2) is 4.79 Å². The van der Waals surface area contributed by atoms with E-state index in [0.717, 1.165) is 10.5 Å². The molecule has 16 heteroatoms. The Hall–Kier alpha value is -4.83. The van der Waals surface area contributed by atoms with Crippen LogP contribution in [0.3, 0.4) is 0 Å². The zero-order valence-electron chi connectivity index (χ0n) is 28.0. The number of urea groups is 1. The van der Waals surface area contributed by atoms with Gasteiger partial charge < -0.3 is 37.1 Å². The van der Waals surface area contributed by atoms with Crippen molar-refractivity contribution in [3.8, 4) is 0 Å². The lowest BCUT2D eigenvalue weighted by atomic mass is 10.0. The van der Waals surface area contributed by atoms with Gasteiger partial charge in [0.25, 0.3) is 11.8 Å². The average Bonchev–Trinajstić information content (AvgIpc) is 3.34. The number of nitrogens with two attached hydrogens (primary N) is 1. The van der Waals surface area contributed by atoms with Gasteiger partial charge in [0.2, 0.25) is 23.6 Å². The van der Waals surface area contributed by atoms with E-state index >= 15 is 0 Å². The van der Waals surface area contributed by atoms with E-state index in [4.69, 9.17) is 10.5 Å². The molecule has 16 nitrogen and oxygen atoms in total. The van der Waals surface area contributed by atoms with E-state index < -0.39 is 35.8 Å². The molecule has 0 aromatic heterocycles. The molecule has 0 aliphatic carbocycles. The summed E-state index contributed by atoms with van der Waals surface area (Å²) >= 11 is 0. The van der Waals surface area contributed by atoms with E-state index in [-0.39, 0.29) is 82.4 Å². The fourth-order valence-corrected chi connectivity index (χ4v) is 4.55. The summed E-state index contributed by atoms with van der Waals surface area (Å²) in [6, 6.07) is 4.60. The molecule has 7 N–H and O–H groups in total. The van der Waals surface area contributed by atoms with Crippen LogP contribution in [0.4, 0.5) is 10.5 Å². The SMILES string of the molecule is Cc1ccc(NC(=O)[C@H](CCCNC(N)=O)NC(=O)[C@@H](NC(=O)CN(C)CCC(=O)NCCOCCN2C(=O)C=CC2=O)C(C)C)cc1. The summed E-state index contributed by atoms with van der Waals surface area (Å²) in [4.78, 5) is 88.3. The molecule has 0 saturated heterocycles. The number of rotatable bonds is 21. The van der Waals surface area contributed by atoms with Crippen LogP contribution >= 0.6 is 0 Å². The smallest absolute Gasteiger partial charge is 0.312 e. The minimum absolute atomic E-state index is 0.0776. The van der Waals surface area contributed by atoms with Gasteiger partial charge in [0.1, 0.15) is 12.1 Å². The molecule has 48 heavy (non-hydrogen) atoms. The van der Waals surface area contributed by atoms with E-state index in [1.165, 1.54) is 12.2 Å². The summed E-state index contributed by atoms with van der Waals surface area (Å²) in [7, 11) is 1.67. The van der Waals surface area contributed by atoms with Gasteiger partial charge in [0, 0.05) is 43.9 Å². The molecule has 8 amide bonds. The maximum absolute atomic E-state index is 13.3. The maximum Gasteiger partial charge on any atom is 0.312 e. The van der Waals surface area contributed by atoms with Crippen molar-refractivity contribution in [1.29, 1.82) is 0 Å². The molecule has 0 saturated carbocycles. The molecule has 0 unspecified atom stereocenters. The second kappa shape index (κ2) is 20.4. The molecule has 0 spiro atoms. The van der Waals surface area contributed by atoms with E-state index in [1.54, 1.807) is 37.9 Å². The van der Waals surface area contributed by atoms with Crippen LogP contribution in [0.15, 0.2) is 36.4 Å². The zero-order valence-corrected chi connectivity index (χ0v) is 28.0. The number of carbonyl (C=O) groups excluding carboxylic acids is 7.